The molecule has 5 rings (SSSR count). The lowest BCUT2D eigenvalue weighted by atomic mass is 10.2. The van der Waals surface area contributed by atoms with E-state index in [1.165, 1.54) is 17.2 Å². The minimum atomic E-state index is -0.343. The van der Waals surface area contributed by atoms with Crippen molar-refractivity contribution in [3.63, 3.8) is 0 Å². The summed E-state index contributed by atoms with van der Waals surface area (Å²) >= 11 is 0. The summed E-state index contributed by atoms with van der Waals surface area (Å²) in [5.41, 5.74) is 1.16. The number of fused-ring (bicyclic) bond motifs is 1. The molecule has 26 heavy (non-hydrogen) atoms. The van der Waals surface area contributed by atoms with Crippen LogP contribution in [0.4, 0.5) is 10.1 Å². The van der Waals surface area contributed by atoms with Gasteiger partial charge in [0, 0.05) is 24.6 Å². The second-order valence-corrected chi connectivity index (χ2v) is 6.88. The van der Waals surface area contributed by atoms with Gasteiger partial charge in [0.25, 0.3) is 0 Å². The molecule has 9 heteroatoms. The molecule has 2 aromatic heterocycles. The van der Waals surface area contributed by atoms with Crippen molar-refractivity contribution in [1.29, 1.82) is 0 Å². The molecular weight excluding hydrogens is 335 g/mol. The van der Waals surface area contributed by atoms with Crippen LogP contribution >= 0.6 is 0 Å². The lowest BCUT2D eigenvalue weighted by molar-refractivity contribution is 0.510. The monoisotopic (exact) mass is 354 g/mol. The Morgan fingerprint density at radius 1 is 1.15 bits per heavy atom. The van der Waals surface area contributed by atoms with E-state index >= 15 is 0 Å². The third-order valence-corrected chi connectivity index (χ3v) is 5.00. The van der Waals surface area contributed by atoms with Crippen LogP contribution in [0.3, 0.4) is 0 Å². The van der Waals surface area contributed by atoms with E-state index in [9.17, 15) is 4.39 Å². The van der Waals surface area contributed by atoms with E-state index in [2.05, 4.69) is 35.6 Å². The van der Waals surface area contributed by atoms with Gasteiger partial charge in [-0.25, -0.2) is 4.39 Å². The summed E-state index contributed by atoms with van der Waals surface area (Å²) in [4.78, 5) is 0. The predicted molar refractivity (Wildman–Crippen MR) is 91.4 cm³/mol. The number of benzene rings is 1. The van der Waals surface area contributed by atoms with Crippen molar-refractivity contribution >= 4 is 5.69 Å². The van der Waals surface area contributed by atoms with E-state index in [1.54, 1.807) is 12.1 Å². The van der Waals surface area contributed by atoms with Gasteiger partial charge in [0.1, 0.15) is 17.3 Å². The Hall–Kier alpha value is -2.84. The number of hydrogen-bond acceptors (Lipinski definition) is 6. The molecule has 1 aliphatic carbocycles. The van der Waals surface area contributed by atoms with Gasteiger partial charge in [0.2, 0.25) is 0 Å². The van der Waals surface area contributed by atoms with E-state index in [1.807, 2.05) is 0 Å². The molecule has 8 nitrogen and oxygen atoms in total. The maximum atomic E-state index is 14.4. The van der Waals surface area contributed by atoms with Gasteiger partial charge >= 0.3 is 0 Å². The van der Waals surface area contributed by atoms with Crippen LogP contribution in [-0.2, 0) is 19.5 Å². The van der Waals surface area contributed by atoms with Crippen LogP contribution in [0.2, 0.25) is 0 Å². The Balaban J connectivity index is 1.38. The SMILES string of the molecule is Fc1ccc(NCc2nnc3n2CCCC3)cc1-n1nnnc1C1CC1. The summed E-state index contributed by atoms with van der Waals surface area (Å²) < 4.78 is 18.0. The molecule has 0 bridgehead atoms. The maximum absolute atomic E-state index is 14.4. The first-order chi connectivity index (χ1) is 12.8. The van der Waals surface area contributed by atoms with Crippen molar-refractivity contribution in [3.8, 4) is 5.69 Å². The molecule has 3 heterocycles. The van der Waals surface area contributed by atoms with E-state index < -0.39 is 0 Å². The first kappa shape index (κ1) is 15.4. The van der Waals surface area contributed by atoms with Gasteiger partial charge in [-0.3, -0.25) is 0 Å². The molecule has 0 amide bonds. The van der Waals surface area contributed by atoms with Crippen molar-refractivity contribution in [3.05, 3.63) is 41.5 Å². The normalized spacial score (nSPS) is 16.5. The van der Waals surface area contributed by atoms with Crippen molar-refractivity contribution in [1.82, 2.24) is 35.0 Å². The van der Waals surface area contributed by atoms with Crippen LogP contribution in [0.5, 0.6) is 0 Å². The third kappa shape index (κ3) is 2.73. The number of anilines is 1. The highest BCUT2D eigenvalue weighted by atomic mass is 19.1. The number of rotatable bonds is 5. The molecule has 1 saturated carbocycles. The first-order valence-electron chi connectivity index (χ1n) is 9.02. The van der Waals surface area contributed by atoms with Crippen LogP contribution in [-0.4, -0.2) is 35.0 Å². The van der Waals surface area contributed by atoms with Crippen LogP contribution < -0.4 is 5.32 Å². The Morgan fingerprint density at radius 3 is 2.96 bits per heavy atom. The molecule has 0 saturated heterocycles. The average Bonchev–Trinajstić information content (AvgIpc) is 3.25. The fourth-order valence-corrected chi connectivity index (χ4v) is 3.43. The summed E-state index contributed by atoms with van der Waals surface area (Å²) in [5.74, 6) is 2.68. The molecule has 0 spiro atoms. The second-order valence-electron chi connectivity index (χ2n) is 6.88. The quantitative estimate of drug-likeness (QED) is 0.756. The van der Waals surface area contributed by atoms with E-state index in [0.29, 0.717) is 18.2 Å². The lowest BCUT2D eigenvalue weighted by Gasteiger charge is -2.15. The summed E-state index contributed by atoms with van der Waals surface area (Å²) in [6.45, 7) is 1.51. The van der Waals surface area contributed by atoms with Gasteiger partial charge in [-0.2, -0.15) is 4.68 Å². The van der Waals surface area contributed by atoms with Gasteiger partial charge < -0.3 is 9.88 Å². The van der Waals surface area contributed by atoms with Gasteiger partial charge in [0.05, 0.1) is 6.54 Å². The minimum Gasteiger partial charge on any atom is -0.378 e. The Morgan fingerprint density at radius 2 is 2.08 bits per heavy atom. The summed E-state index contributed by atoms with van der Waals surface area (Å²) in [7, 11) is 0. The number of aromatic nitrogens is 7. The highest BCUT2D eigenvalue weighted by molar-refractivity contribution is 5.52. The number of tetrazole rings is 1. The van der Waals surface area contributed by atoms with Crippen molar-refractivity contribution in [2.75, 3.05) is 5.32 Å². The largest absolute Gasteiger partial charge is 0.378 e. The van der Waals surface area contributed by atoms with Crippen molar-refractivity contribution in [2.45, 2.75) is 51.1 Å². The number of halogens is 1. The minimum absolute atomic E-state index is 0.337. The molecule has 1 aromatic carbocycles. The summed E-state index contributed by atoms with van der Waals surface area (Å²) in [6.07, 6.45) is 5.41. The average molecular weight is 354 g/mol. The van der Waals surface area contributed by atoms with Crippen molar-refractivity contribution in [2.24, 2.45) is 0 Å². The van der Waals surface area contributed by atoms with Gasteiger partial charge in [-0.15, -0.1) is 15.3 Å². The van der Waals surface area contributed by atoms with Crippen LogP contribution in [0.15, 0.2) is 18.2 Å². The zero-order valence-corrected chi connectivity index (χ0v) is 14.3. The molecule has 1 aliphatic heterocycles. The maximum Gasteiger partial charge on any atom is 0.159 e. The molecule has 2 aliphatic rings. The van der Waals surface area contributed by atoms with E-state index in [-0.39, 0.29) is 5.82 Å². The number of hydrogen-bond donors (Lipinski definition) is 1. The summed E-state index contributed by atoms with van der Waals surface area (Å²) in [6, 6.07) is 4.90. The predicted octanol–water partition coefficient (Wildman–Crippen LogP) is 2.22. The second kappa shape index (κ2) is 6.15. The number of nitrogens with one attached hydrogen (secondary N) is 1. The Bertz CT molecular complexity index is 942. The number of nitrogens with zero attached hydrogens (tertiary/aromatic N) is 7. The molecular formula is C17H19FN8. The van der Waals surface area contributed by atoms with Gasteiger partial charge in [-0.05, 0) is 54.3 Å². The molecule has 1 N–H and O–H groups in total. The fourth-order valence-electron chi connectivity index (χ4n) is 3.43. The van der Waals surface area contributed by atoms with Crippen LogP contribution in [0.1, 0.15) is 49.1 Å². The van der Waals surface area contributed by atoms with Crippen molar-refractivity contribution < 1.29 is 4.39 Å². The standard InChI is InChI=1S/C17H19FN8/c18-13-7-6-12(9-14(13)26-17(11-4-5-11)22-23-24-26)19-10-16-21-20-15-3-1-2-8-25(15)16/h6-7,9,11,19H,1-5,8,10H2. The van der Waals surface area contributed by atoms with Gasteiger partial charge in [0.15, 0.2) is 11.6 Å². The molecule has 1 fully saturated rings. The van der Waals surface area contributed by atoms with E-state index in [4.69, 9.17) is 0 Å². The third-order valence-electron chi connectivity index (χ3n) is 5.00. The smallest absolute Gasteiger partial charge is 0.159 e. The lowest BCUT2D eigenvalue weighted by Crippen LogP contribution is -2.15. The highest BCUT2D eigenvalue weighted by Crippen LogP contribution is 2.39. The van der Waals surface area contributed by atoms with Crippen LogP contribution in [0.25, 0.3) is 5.69 Å². The molecule has 0 atom stereocenters. The molecule has 0 radical (unpaired) electrons. The zero-order chi connectivity index (χ0) is 17.5. The summed E-state index contributed by atoms with van der Waals surface area (Å²) in [5, 5.41) is 23.6. The van der Waals surface area contributed by atoms with Crippen LogP contribution in [0, 0.1) is 5.82 Å². The molecule has 0 unspecified atom stereocenters. The zero-order valence-electron chi connectivity index (χ0n) is 14.3. The highest BCUT2D eigenvalue weighted by Gasteiger charge is 2.30. The number of aryl methyl sites for hydroxylation is 1. The van der Waals surface area contributed by atoms with Gasteiger partial charge in [-0.1, -0.05) is 0 Å². The first-order valence-corrected chi connectivity index (χ1v) is 9.02. The molecule has 134 valence electrons. The Kier molecular flexibility index (Phi) is 3.65. The Labute approximate surface area is 149 Å². The topological polar surface area (TPSA) is 86.3 Å². The van der Waals surface area contributed by atoms with E-state index in [0.717, 1.165) is 55.4 Å². The fraction of sp³-hybridized carbons (Fsp3) is 0.471. The molecule has 3 aromatic rings.